The third-order valence-electron chi connectivity index (χ3n) is 2.80. The minimum Gasteiger partial charge on any atom is -0.452 e. The van der Waals surface area contributed by atoms with Crippen molar-refractivity contribution in [2.75, 3.05) is 5.33 Å². The van der Waals surface area contributed by atoms with Crippen LogP contribution in [-0.2, 0) is 0 Å². The Labute approximate surface area is 106 Å². The average molecular weight is 289 g/mol. The summed E-state index contributed by atoms with van der Waals surface area (Å²) in [5.74, 6) is 0.374. The van der Waals surface area contributed by atoms with E-state index in [-0.39, 0.29) is 11.1 Å². The van der Waals surface area contributed by atoms with Crippen molar-refractivity contribution < 1.29 is 9.21 Å². The molecule has 0 N–H and O–H groups in total. The lowest BCUT2D eigenvalue weighted by Crippen LogP contribution is -1.96. The van der Waals surface area contributed by atoms with E-state index in [0.29, 0.717) is 5.76 Å². The number of ketones is 1. The van der Waals surface area contributed by atoms with Crippen molar-refractivity contribution >= 4 is 43.5 Å². The zero-order chi connectivity index (χ0) is 11.8. The van der Waals surface area contributed by atoms with Gasteiger partial charge in [-0.2, -0.15) is 0 Å². The Kier molecular flexibility index (Phi) is 2.48. The van der Waals surface area contributed by atoms with Crippen LogP contribution in [0.1, 0.15) is 10.6 Å². The van der Waals surface area contributed by atoms with Gasteiger partial charge in [-0.25, -0.2) is 0 Å². The van der Waals surface area contributed by atoms with Crippen LogP contribution in [0.25, 0.3) is 21.7 Å². The predicted octanol–water partition coefficient (Wildman–Crippen LogP) is 4.16. The maximum absolute atomic E-state index is 11.6. The van der Waals surface area contributed by atoms with Crippen molar-refractivity contribution in [3.63, 3.8) is 0 Å². The van der Waals surface area contributed by atoms with Crippen molar-refractivity contribution in [2.24, 2.45) is 0 Å². The van der Waals surface area contributed by atoms with E-state index < -0.39 is 0 Å². The number of halogens is 1. The fraction of sp³-hybridized carbons (Fsp3) is 0.0714. The molecule has 0 saturated carbocycles. The number of carbonyl (C=O) groups excluding carboxylic acids is 1. The lowest BCUT2D eigenvalue weighted by molar-refractivity contribution is 0.0995. The topological polar surface area (TPSA) is 30.2 Å². The number of Topliss-reactive ketones (excluding diaryl/α,β-unsaturated/α-hetero) is 1. The van der Waals surface area contributed by atoms with Crippen LogP contribution in [0, 0.1) is 0 Å². The standard InChI is InChI=1S/C14H9BrO2/c15-8-12(16)13-7-10-6-5-9-3-1-2-4-11(9)14(10)17-13/h1-7H,8H2. The molecule has 0 amide bonds. The van der Waals surface area contributed by atoms with E-state index in [1.54, 1.807) is 6.07 Å². The molecule has 3 rings (SSSR count). The van der Waals surface area contributed by atoms with Gasteiger partial charge in [0.1, 0.15) is 5.58 Å². The third-order valence-corrected chi connectivity index (χ3v) is 3.31. The number of fused-ring (bicyclic) bond motifs is 3. The monoisotopic (exact) mass is 288 g/mol. The highest BCUT2D eigenvalue weighted by Crippen LogP contribution is 2.28. The van der Waals surface area contributed by atoms with Crippen LogP contribution in [0.4, 0.5) is 0 Å². The Balaban J connectivity index is 2.35. The largest absolute Gasteiger partial charge is 0.452 e. The molecule has 84 valence electrons. The van der Waals surface area contributed by atoms with Gasteiger partial charge in [-0.3, -0.25) is 4.79 Å². The van der Waals surface area contributed by atoms with Gasteiger partial charge in [0.05, 0.1) is 5.33 Å². The summed E-state index contributed by atoms with van der Waals surface area (Å²) in [7, 11) is 0. The smallest absolute Gasteiger partial charge is 0.208 e. The fourth-order valence-electron chi connectivity index (χ4n) is 1.97. The highest BCUT2D eigenvalue weighted by molar-refractivity contribution is 9.09. The van der Waals surface area contributed by atoms with Crippen molar-refractivity contribution in [1.29, 1.82) is 0 Å². The van der Waals surface area contributed by atoms with E-state index in [0.717, 1.165) is 21.7 Å². The first-order chi connectivity index (χ1) is 8.29. The molecule has 0 fully saturated rings. The van der Waals surface area contributed by atoms with Crippen molar-refractivity contribution in [3.05, 3.63) is 48.2 Å². The van der Waals surface area contributed by atoms with E-state index in [9.17, 15) is 4.79 Å². The molecule has 0 atom stereocenters. The summed E-state index contributed by atoms with van der Waals surface area (Å²) in [6.45, 7) is 0. The normalized spacial score (nSPS) is 11.1. The van der Waals surface area contributed by atoms with E-state index in [1.807, 2.05) is 36.4 Å². The van der Waals surface area contributed by atoms with Crippen LogP contribution in [-0.4, -0.2) is 11.1 Å². The molecule has 0 aliphatic carbocycles. The third kappa shape index (κ3) is 1.67. The first-order valence-corrected chi connectivity index (χ1v) is 6.42. The molecule has 3 aromatic rings. The zero-order valence-electron chi connectivity index (χ0n) is 8.94. The number of alkyl halides is 1. The number of hydrogen-bond donors (Lipinski definition) is 0. The Morgan fingerprint density at radius 3 is 2.71 bits per heavy atom. The first-order valence-electron chi connectivity index (χ1n) is 5.30. The fourth-order valence-corrected chi connectivity index (χ4v) is 2.25. The van der Waals surface area contributed by atoms with Crippen LogP contribution in [0.2, 0.25) is 0 Å². The molecule has 2 aromatic carbocycles. The molecule has 1 heterocycles. The number of carbonyl (C=O) groups is 1. The molecule has 1 aromatic heterocycles. The summed E-state index contributed by atoms with van der Waals surface area (Å²) >= 11 is 3.15. The van der Waals surface area contributed by atoms with Gasteiger partial charge in [-0.15, -0.1) is 0 Å². The van der Waals surface area contributed by atoms with E-state index in [4.69, 9.17) is 4.42 Å². The summed E-state index contributed by atoms with van der Waals surface area (Å²) in [5.41, 5.74) is 0.785. The van der Waals surface area contributed by atoms with Gasteiger partial charge in [-0.1, -0.05) is 52.3 Å². The number of hydrogen-bond acceptors (Lipinski definition) is 2. The van der Waals surface area contributed by atoms with Crippen LogP contribution >= 0.6 is 15.9 Å². The summed E-state index contributed by atoms with van der Waals surface area (Å²) in [5, 5.41) is 3.41. The maximum atomic E-state index is 11.6. The zero-order valence-corrected chi connectivity index (χ0v) is 10.5. The highest BCUT2D eigenvalue weighted by Gasteiger charge is 2.12. The average Bonchev–Trinajstić information content (AvgIpc) is 2.82. The minimum atomic E-state index is -0.0368. The van der Waals surface area contributed by atoms with Crippen molar-refractivity contribution in [3.8, 4) is 0 Å². The van der Waals surface area contributed by atoms with Gasteiger partial charge < -0.3 is 4.42 Å². The SMILES string of the molecule is O=C(CBr)c1cc2ccc3ccccc3c2o1. The molecule has 2 nitrogen and oxygen atoms in total. The molecule has 0 unspecified atom stereocenters. The van der Waals surface area contributed by atoms with Gasteiger partial charge in [0.2, 0.25) is 5.78 Å². The predicted molar refractivity (Wildman–Crippen MR) is 71.8 cm³/mol. The van der Waals surface area contributed by atoms with Crippen LogP contribution in [0.15, 0.2) is 46.9 Å². The number of rotatable bonds is 2. The second-order valence-corrected chi connectivity index (χ2v) is 4.43. The second kappa shape index (κ2) is 4.00. The maximum Gasteiger partial charge on any atom is 0.208 e. The van der Waals surface area contributed by atoms with Crippen LogP contribution < -0.4 is 0 Å². The Hall–Kier alpha value is -1.61. The van der Waals surface area contributed by atoms with Gasteiger partial charge in [0, 0.05) is 10.8 Å². The molecule has 0 bridgehead atoms. The summed E-state index contributed by atoms with van der Waals surface area (Å²) in [4.78, 5) is 11.6. The quantitative estimate of drug-likeness (QED) is 0.523. The van der Waals surface area contributed by atoms with Gasteiger partial charge in [-0.05, 0) is 11.5 Å². The highest BCUT2D eigenvalue weighted by atomic mass is 79.9. The lowest BCUT2D eigenvalue weighted by atomic mass is 10.1. The molecule has 0 spiro atoms. The lowest BCUT2D eigenvalue weighted by Gasteiger charge is -1.96. The molecule has 0 aliphatic heterocycles. The van der Waals surface area contributed by atoms with Crippen LogP contribution in [0.3, 0.4) is 0 Å². The van der Waals surface area contributed by atoms with Crippen molar-refractivity contribution in [2.45, 2.75) is 0 Å². The Bertz CT molecular complexity index is 712. The molecule has 0 radical (unpaired) electrons. The van der Waals surface area contributed by atoms with E-state index in [1.165, 1.54) is 0 Å². The molecular weight excluding hydrogens is 280 g/mol. The van der Waals surface area contributed by atoms with Gasteiger partial charge in [0.25, 0.3) is 0 Å². The summed E-state index contributed by atoms with van der Waals surface area (Å²) < 4.78 is 5.65. The van der Waals surface area contributed by atoms with Crippen molar-refractivity contribution in [1.82, 2.24) is 0 Å². The van der Waals surface area contributed by atoms with Crippen LogP contribution in [0.5, 0.6) is 0 Å². The Morgan fingerprint density at radius 1 is 1.12 bits per heavy atom. The molecular formula is C14H9BrO2. The second-order valence-electron chi connectivity index (χ2n) is 3.87. The van der Waals surface area contributed by atoms with E-state index in [2.05, 4.69) is 15.9 Å². The van der Waals surface area contributed by atoms with E-state index >= 15 is 0 Å². The number of benzene rings is 2. The molecule has 3 heteroatoms. The molecule has 0 aliphatic rings. The van der Waals surface area contributed by atoms with Gasteiger partial charge >= 0.3 is 0 Å². The summed E-state index contributed by atoms with van der Waals surface area (Å²) in [6.07, 6.45) is 0. The summed E-state index contributed by atoms with van der Waals surface area (Å²) in [6, 6.07) is 13.8. The molecule has 0 saturated heterocycles. The Morgan fingerprint density at radius 2 is 1.88 bits per heavy atom. The number of furan rings is 1. The molecule has 17 heavy (non-hydrogen) atoms. The first kappa shape index (κ1) is 10.5. The van der Waals surface area contributed by atoms with Gasteiger partial charge in [0.15, 0.2) is 5.76 Å². The minimum absolute atomic E-state index is 0.0368.